The van der Waals surface area contributed by atoms with Crippen molar-refractivity contribution in [2.45, 2.75) is 38.3 Å². The van der Waals surface area contributed by atoms with Crippen LogP contribution in [0.15, 0.2) is 91.0 Å². The van der Waals surface area contributed by atoms with Crippen LogP contribution in [0.25, 0.3) is 54.8 Å². The van der Waals surface area contributed by atoms with Crippen molar-refractivity contribution in [1.29, 1.82) is 0 Å². The van der Waals surface area contributed by atoms with Gasteiger partial charge in [0, 0.05) is 35.6 Å². The summed E-state index contributed by atoms with van der Waals surface area (Å²) in [7, 11) is 1.66. The number of carbonyl (C=O) groups excluding carboxylic acids is 1. The van der Waals surface area contributed by atoms with Gasteiger partial charge in [-0.1, -0.05) is 54.6 Å². The Balaban J connectivity index is 1.21. The zero-order valence-corrected chi connectivity index (χ0v) is 28.3. The molecule has 5 heterocycles. The summed E-state index contributed by atoms with van der Waals surface area (Å²) >= 11 is 1.27. The van der Waals surface area contributed by atoms with E-state index >= 15 is 0 Å². The van der Waals surface area contributed by atoms with Gasteiger partial charge in [-0.15, -0.1) is 11.3 Å². The summed E-state index contributed by atoms with van der Waals surface area (Å²) in [5.41, 5.74) is 7.22. The molecule has 0 spiro atoms. The third-order valence-electron chi connectivity index (χ3n) is 10.1. The molecule has 1 amide bonds. The number of benzene rings is 3. The summed E-state index contributed by atoms with van der Waals surface area (Å²) in [6.07, 6.45) is 4.52. The lowest BCUT2D eigenvalue weighted by atomic mass is 9.99. The van der Waals surface area contributed by atoms with Crippen LogP contribution in [0.2, 0.25) is 0 Å². The lowest BCUT2D eigenvalue weighted by Gasteiger charge is -2.36. The van der Waals surface area contributed by atoms with Crippen LogP contribution in [0.3, 0.4) is 0 Å². The summed E-state index contributed by atoms with van der Waals surface area (Å²) in [6.45, 7) is 3.95. The maximum Gasteiger partial charge on any atom is 0.345 e. The molecule has 6 aromatic rings. The fourth-order valence-corrected chi connectivity index (χ4v) is 8.67. The molecular weight excluding hydrogens is 633 g/mol. The molecule has 248 valence electrons. The second-order valence-electron chi connectivity index (χ2n) is 13.0. The molecule has 2 fully saturated rings. The van der Waals surface area contributed by atoms with E-state index in [2.05, 4.69) is 39.8 Å². The number of ether oxygens (including phenoxy) is 1. The number of hydrogen-bond acceptors (Lipinski definition) is 6. The zero-order chi connectivity index (χ0) is 33.5. The maximum absolute atomic E-state index is 14.1. The average molecular weight is 671 g/mol. The van der Waals surface area contributed by atoms with Gasteiger partial charge in [0.05, 0.1) is 34.2 Å². The van der Waals surface area contributed by atoms with Crippen LogP contribution in [0.4, 0.5) is 0 Å². The van der Waals surface area contributed by atoms with Crippen LogP contribution >= 0.6 is 11.3 Å². The Morgan fingerprint density at radius 2 is 1.63 bits per heavy atom. The predicted molar refractivity (Wildman–Crippen MR) is 195 cm³/mol. The average Bonchev–Trinajstić information content (AvgIpc) is 3.90. The number of carboxylic acid groups (broad SMARTS) is 1. The van der Waals surface area contributed by atoms with E-state index < -0.39 is 5.97 Å². The van der Waals surface area contributed by atoms with Gasteiger partial charge in [0.2, 0.25) is 5.91 Å². The van der Waals surface area contributed by atoms with E-state index in [4.69, 9.17) is 9.72 Å². The van der Waals surface area contributed by atoms with Crippen LogP contribution in [0, 0.1) is 0 Å². The number of rotatable bonds is 8. The van der Waals surface area contributed by atoms with Crippen molar-refractivity contribution in [2.24, 2.45) is 0 Å². The van der Waals surface area contributed by atoms with Crippen molar-refractivity contribution < 1.29 is 19.4 Å². The van der Waals surface area contributed by atoms with E-state index in [1.54, 1.807) is 13.2 Å². The van der Waals surface area contributed by atoms with Gasteiger partial charge in [-0.25, -0.2) is 9.78 Å². The number of carbonyl (C=O) groups is 2. The molecule has 0 saturated carbocycles. The number of aromatic nitrogens is 2. The highest BCUT2D eigenvalue weighted by Crippen LogP contribution is 2.45. The van der Waals surface area contributed by atoms with Gasteiger partial charge in [-0.2, -0.15) is 0 Å². The molecule has 8 rings (SSSR count). The van der Waals surface area contributed by atoms with E-state index in [0.29, 0.717) is 6.04 Å². The Morgan fingerprint density at radius 1 is 0.857 bits per heavy atom. The van der Waals surface area contributed by atoms with Gasteiger partial charge >= 0.3 is 5.97 Å². The number of methoxy groups -OCH3 is 1. The monoisotopic (exact) mass is 670 g/mol. The van der Waals surface area contributed by atoms with E-state index in [9.17, 15) is 14.7 Å². The minimum absolute atomic E-state index is 0.0612. The Kier molecular flexibility index (Phi) is 8.39. The topological polar surface area (TPSA) is 87.9 Å². The Labute approximate surface area is 289 Å². The number of carboxylic acids is 1. The number of pyridine rings is 1. The van der Waals surface area contributed by atoms with Crippen molar-refractivity contribution in [3.8, 4) is 39.4 Å². The molecule has 8 nitrogen and oxygen atoms in total. The number of nitrogens with zero attached hydrogens (tertiary/aromatic N) is 4. The Bertz CT molecular complexity index is 2180. The molecule has 1 N–H and O–H groups in total. The van der Waals surface area contributed by atoms with Crippen molar-refractivity contribution in [2.75, 3.05) is 33.3 Å². The minimum atomic E-state index is -0.966. The summed E-state index contributed by atoms with van der Waals surface area (Å²) in [6, 6.07) is 30.6. The summed E-state index contributed by atoms with van der Waals surface area (Å²) in [5, 5.41) is 11.0. The minimum Gasteiger partial charge on any atom is -0.497 e. The fourth-order valence-electron chi connectivity index (χ4n) is 7.60. The molecule has 0 bridgehead atoms. The first-order valence-electron chi connectivity index (χ1n) is 17.0. The SMILES string of the molecule is COc1cccc(-c2ccc3cc(-c4c(-c5ccccc5)c5sc(C(=O)O)cc5n4CC(=O)N4CCC(N5CCCC5)CC4)ccc3n2)c1. The smallest absolute Gasteiger partial charge is 0.345 e. The van der Waals surface area contributed by atoms with E-state index in [-0.39, 0.29) is 17.3 Å². The van der Waals surface area contributed by atoms with Gasteiger partial charge in [0.15, 0.2) is 0 Å². The highest BCUT2D eigenvalue weighted by Gasteiger charge is 2.30. The molecule has 0 radical (unpaired) electrons. The normalized spacial score (nSPS) is 15.7. The second kappa shape index (κ2) is 13.1. The second-order valence-corrected chi connectivity index (χ2v) is 14.0. The number of thiophene rings is 1. The molecule has 2 aliphatic rings. The fraction of sp³-hybridized carbons (Fsp3) is 0.275. The summed E-state index contributed by atoms with van der Waals surface area (Å²) < 4.78 is 8.34. The van der Waals surface area contributed by atoms with Gasteiger partial charge in [-0.3, -0.25) is 4.79 Å². The van der Waals surface area contributed by atoms with Crippen molar-refractivity contribution in [3.05, 3.63) is 95.9 Å². The first-order chi connectivity index (χ1) is 24.0. The summed E-state index contributed by atoms with van der Waals surface area (Å²) in [4.78, 5) is 36.1. The first kappa shape index (κ1) is 31.3. The lowest BCUT2D eigenvalue weighted by Crippen LogP contribution is -2.46. The largest absolute Gasteiger partial charge is 0.497 e. The molecule has 9 heteroatoms. The molecule has 0 aliphatic carbocycles. The number of hydrogen-bond donors (Lipinski definition) is 1. The number of likely N-dealkylation sites (tertiary alicyclic amines) is 2. The van der Waals surface area contributed by atoms with Crippen molar-refractivity contribution >= 4 is 44.3 Å². The van der Waals surface area contributed by atoms with Crippen molar-refractivity contribution in [3.63, 3.8) is 0 Å². The predicted octanol–water partition coefficient (Wildman–Crippen LogP) is 8.05. The lowest BCUT2D eigenvalue weighted by molar-refractivity contribution is -0.133. The molecule has 2 aliphatic heterocycles. The van der Waals surface area contributed by atoms with Crippen LogP contribution in [-0.4, -0.2) is 75.7 Å². The Hall–Kier alpha value is -4.99. The van der Waals surface area contributed by atoms with Crippen LogP contribution in [-0.2, 0) is 11.3 Å². The first-order valence-corrected chi connectivity index (χ1v) is 17.8. The molecule has 0 unspecified atom stereocenters. The molecule has 0 atom stereocenters. The van der Waals surface area contributed by atoms with Crippen LogP contribution in [0.5, 0.6) is 5.75 Å². The van der Waals surface area contributed by atoms with Gasteiger partial charge in [0.1, 0.15) is 17.2 Å². The van der Waals surface area contributed by atoms with Gasteiger partial charge in [0.25, 0.3) is 0 Å². The molecule has 3 aromatic carbocycles. The summed E-state index contributed by atoms with van der Waals surface area (Å²) in [5.74, 6) is -0.126. The number of amides is 1. The molecule has 3 aromatic heterocycles. The van der Waals surface area contributed by atoms with Gasteiger partial charge in [-0.05, 0) is 86.3 Å². The third kappa shape index (κ3) is 5.98. The van der Waals surface area contributed by atoms with E-state index in [1.807, 2.05) is 59.5 Å². The molecular formula is C40H38N4O4S. The van der Waals surface area contributed by atoms with Crippen LogP contribution in [0.1, 0.15) is 35.4 Å². The van der Waals surface area contributed by atoms with Crippen molar-refractivity contribution in [1.82, 2.24) is 19.4 Å². The standard InChI is InChI=1S/C40H38N4O4S/c1-48-31-11-7-10-27(23-31)32-14-12-28-22-29(13-15-33(28)41-32)38-37(26-8-3-2-4-9-26)39-34(24-35(49-39)40(46)47)44(38)25-36(45)43-20-16-30(17-21-43)42-18-5-6-19-42/h2-4,7-15,22-24,30H,5-6,16-21,25H2,1H3,(H,46,47). The molecule has 49 heavy (non-hydrogen) atoms. The van der Waals surface area contributed by atoms with E-state index in [0.717, 1.165) is 86.4 Å². The Morgan fingerprint density at radius 3 is 2.39 bits per heavy atom. The quantitative estimate of drug-likeness (QED) is 0.176. The number of fused-ring (bicyclic) bond motifs is 2. The highest BCUT2D eigenvalue weighted by atomic mass is 32.1. The van der Waals surface area contributed by atoms with Gasteiger partial charge < -0.3 is 24.2 Å². The maximum atomic E-state index is 14.1. The van der Waals surface area contributed by atoms with E-state index in [1.165, 1.54) is 37.3 Å². The van der Waals surface area contributed by atoms with Crippen LogP contribution < -0.4 is 4.74 Å². The molecule has 2 saturated heterocycles. The third-order valence-corrected chi connectivity index (χ3v) is 11.2. The number of aromatic carboxylic acids is 1. The zero-order valence-electron chi connectivity index (χ0n) is 27.5. The highest BCUT2D eigenvalue weighted by molar-refractivity contribution is 7.21. The number of piperidine rings is 1.